The molecule has 2 nitrogen and oxygen atoms in total. The molecule has 0 aliphatic carbocycles. The first-order valence-corrected chi connectivity index (χ1v) is 6.51. The summed E-state index contributed by atoms with van der Waals surface area (Å²) >= 11 is 5.87. The topological polar surface area (TPSA) is 15.3 Å². The van der Waals surface area contributed by atoms with Gasteiger partial charge in [-0.3, -0.25) is 0 Å². The lowest BCUT2D eigenvalue weighted by Crippen LogP contribution is -2.29. The largest absolute Gasteiger partial charge is 0.311 e. The molecule has 0 atom stereocenters. The van der Waals surface area contributed by atoms with Crippen LogP contribution in [0.5, 0.6) is 0 Å². The number of rotatable bonds is 5. The lowest BCUT2D eigenvalue weighted by molar-refractivity contribution is 0.335. The fraction of sp³-hybridized carbons (Fsp3) is 0.538. The van der Waals surface area contributed by atoms with Crippen molar-refractivity contribution < 1.29 is 4.39 Å². The summed E-state index contributed by atoms with van der Waals surface area (Å²) in [7, 11) is 0. The maximum absolute atomic E-state index is 13.2. The van der Waals surface area contributed by atoms with E-state index in [0.717, 1.165) is 18.7 Å². The molecule has 1 aliphatic rings. The molecule has 0 radical (unpaired) electrons. The van der Waals surface area contributed by atoms with Crippen LogP contribution >= 0.6 is 11.6 Å². The molecule has 1 N–H and O–H groups in total. The number of nitrogens with zero attached hydrogens (tertiary/aromatic N) is 1. The minimum atomic E-state index is -0.342. The summed E-state index contributed by atoms with van der Waals surface area (Å²) in [5.74, 6) is -0.342. The highest BCUT2D eigenvalue weighted by Crippen LogP contribution is 2.19. The Morgan fingerprint density at radius 2 is 2.06 bits per heavy atom. The molecule has 94 valence electrons. The SMILES string of the molecule is Fc1cccc(CNCCN2CCCC2)c1Cl. The highest BCUT2D eigenvalue weighted by molar-refractivity contribution is 6.31. The lowest BCUT2D eigenvalue weighted by Gasteiger charge is -2.15. The number of likely N-dealkylation sites (tertiary alicyclic amines) is 1. The van der Waals surface area contributed by atoms with Crippen LogP contribution in [0.15, 0.2) is 18.2 Å². The normalized spacial score (nSPS) is 16.6. The molecule has 1 heterocycles. The molecular formula is C13H18ClFN2. The number of hydrogen-bond donors (Lipinski definition) is 1. The highest BCUT2D eigenvalue weighted by Gasteiger charge is 2.10. The smallest absolute Gasteiger partial charge is 0.142 e. The second-order valence-corrected chi connectivity index (χ2v) is 4.82. The molecule has 0 saturated carbocycles. The lowest BCUT2D eigenvalue weighted by atomic mass is 10.2. The van der Waals surface area contributed by atoms with Crippen molar-refractivity contribution in [3.05, 3.63) is 34.6 Å². The first-order chi connectivity index (χ1) is 8.27. The number of hydrogen-bond acceptors (Lipinski definition) is 2. The average molecular weight is 257 g/mol. The first kappa shape index (κ1) is 12.8. The Labute approximate surface area is 107 Å². The van der Waals surface area contributed by atoms with Gasteiger partial charge in [0.2, 0.25) is 0 Å². The Bertz CT molecular complexity index is 364. The Morgan fingerprint density at radius 3 is 2.82 bits per heavy atom. The Kier molecular flexibility index (Phi) is 4.77. The van der Waals surface area contributed by atoms with Gasteiger partial charge in [-0.15, -0.1) is 0 Å². The maximum Gasteiger partial charge on any atom is 0.142 e. The zero-order valence-corrected chi connectivity index (χ0v) is 10.6. The van der Waals surface area contributed by atoms with Crippen LogP contribution in [-0.4, -0.2) is 31.1 Å². The molecule has 1 fully saturated rings. The molecule has 1 aliphatic heterocycles. The Balaban J connectivity index is 1.72. The van der Waals surface area contributed by atoms with Crippen molar-refractivity contribution in [2.75, 3.05) is 26.2 Å². The van der Waals surface area contributed by atoms with Gasteiger partial charge in [0.05, 0.1) is 5.02 Å². The van der Waals surface area contributed by atoms with Crippen LogP contribution in [-0.2, 0) is 6.54 Å². The van der Waals surface area contributed by atoms with Crippen molar-refractivity contribution in [1.82, 2.24) is 10.2 Å². The predicted octanol–water partition coefficient (Wildman–Crippen LogP) is 2.66. The van der Waals surface area contributed by atoms with E-state index in [0.29, 0.717) is 6.54 Å². The van der Waals surface area contributed by atoms with Gasteiger partial charge in [0.15, 0.2) is 0 Å². The minimum absolute atomic E-state index is 0.237. The van der Waals surface area contributed by atoms with E-state index in [1.54, 1.807) is 6.07 Å². The van der Waals surface area contributed by atoms with E-state index in [4.69, 9.17) is 11.6 Å². The third kappa shape index (κ3) is 3.66. The summed E-state index contributed by atoms with van der Waals surface area (Å²) in [5, 5.41) is 3.54. The standard InChI is InChI=1S/C13H18ClFN2/c14-13-11(4-3-5-12(13)15)10-16-6-9-17-7-1-2-8-17/h3-5,16H,1-2,6-10H2. The van der Waals surface area contributed by atoms with E-state index in [9.17, 15) is 4.39 Å². The van der Waals surface area contributed by atoms with Crippen LogP contribution < -0.4 is 5.32 Å². The first-order valence-electron chi connectivity index (χ1n) is 6.13. The molecular weight excluding hydrogens is 239 g/mol. The molecule has 1 aromatic rings. The van der Waals surface area contributed by atoms with Crippen LogP contribution in [0.4, 0.5) is 4.39 Å². The van der Waals surface area contributed by atoms with Gasteiger partial charge in [0, 0.05) is 19.6 Å². The highest BCUT2D eigenvalue weighted by atomic mass is 35.5. The third-order valence-electron chi connectivity index (χ3n) is 3.15. The van der Waals surface area contributed by atoms with Gasteiger partial charge in [-0.2, -0.15) is 0 Å². The van der Waals surface area contributed by atoms with Crippen molar-refractivity contribution in [1.29, 1.82) is 0 Å². The number of halogens is 2. The Hall–Kier alpha value is -0.640. The summed E-state index contributed by atoms with van der Waals surface area (Å²) in [6, 6.07) is 4.93. The zero-order valence-electron chi connectivity index (χ0n) is 9.88. The predicted molar refractivity (Wildman–Crippen MR) is 68.8 cm³/mol. The van der Waals surface area contributed by atoms with Crippen molar-refractivity contribution in [2.45, 2.75) is 19.4 Å². The fourth-order valence-corrected chi connectivity index (χ4v) is 2.34. The summed E-state index contributed by atoms with van der Waals surface area (Å²) in [6.45, 7) is 5.04. The van der Waals surface area contributed by atoms with Gasteiger partial charge in [-0.05, 0) is 37.6 Å². The van der Waals surface area contributed by atoms with E-state index < -0.39 is 0 Å². The van der Waals surface area contributed by atoms with Crippen LogP contribution in [0.1, 0.15) is 18.4 Å². The van der Waals surface area contributed by atoms with Crippen LogP contribution in [0.2, 0.25) is 5.02 Å². The van der Waals surface area contributed by atoms with Gasteiger partial charge in [0.1, 0.15) is 5.82 Å². The average Bonchev–Trinajstić information content (AvgIpc) is 2.83. The second kappa shape index (κ2) is 6.34. The molecule has 0 aromatic heterocycles. The minimum Gasteiger partial charge on any atom is -0.311 e. The molecule has 0 amide bonds. The second-order valence-electron chi connectivity index (χ2n) is 4.44. The van der Waals surface area contributed by atoms with E-state index in [1.165, 1.54) is 32.0 Å². The zero-order chi connectivity index (χ0) is 12.1. The molecule has 0 spiro atoms. The summed E-state index contributed by atoms with van der Waals surface area (Å²) in [6.07, 6.45) is 2.63. The van der Waals surface area contributed by atoms with Crippen molar-refractivity contribution in [2.24, 2.45) is 0 Å². The molecule has 17 heavy (non-hydrogen) atoms. The third-order valence-corrected chi connectivity index (χ3v) is 3.57. The van der Waals surface area contributed by atoms with Crippen LogP contribution in [0.3, 0.4) is 0 Å². The molecule has 2 rings (SSSR count). The van der Waals surface area contributed by atoms with E-state index in [-0.39, 0.29) is 10.8 Å². The van der Waals surface area contributed by atoms with Gasteiger partial charge in [-0.25, -0.2) is 4.39 Å². The number of benzene rings is 1. The fourth-order valence-electron chi connectivity index (χ4n) is 2.15. The van der Waals surface area contributed by atoms with Crippen molar-refractivity contribution >= 4 is 11.6 Å². The molecule has 1 aromatic carbocycles. The van der Waals surface area contributed by atoms with E-state index in [2.05, 4.69) is 10.2 Å². The van der Waals surface area contributed by atoms with Gasteiger partial charge >= 0.3 is 0 Å². The molecule has 0 bridgehead atoms. The van der Waals surface area contributed by atoms with Crippen molar-refractivity contribution in [3.63, 3.8) is 0 Å². The van der Waals surface area contributed by atoms with Crippen molar-refractivity contribution in [3.8, 4) is 0 Å². The van der Waals surface area contributed by atoms with Gasteiger partial charge in [-0.1, -0.05) is 23.7 Å². The van der Waals surface area contributed by atoms with Crippen LogP contribution in [0, 0.1) is 5.82 Å². The van der Waals surface area contributed by atoms with E-state index >= 15 is 0 Å². The van der Waals surface area contributed by atoms with Gasteiger partial charge in [0.25, 0.3) is 0 Å². The molecule has 4 heteroatoms. The molecule has 0 unspecified atom stereocenters. The Morgan fingerprint density at radius 1 is 1.29 bits per heavy atom. The van der Waals surface area contributed by atoms with Gasteiger partial charge < -0.3 is 10.2 Å². The monoisotopic (exact) mass is 256 g/mol. The van der Waals surface area contributed by atoms with Crippen LogP contribution in [0.25, 0.3) is 0 Å². The quantitative estimate of drug-likeness (QED) is 0.815. The summed E-state index contributed by atoms with van der Waals surface area (Å²) in [4.78, 5) is 2.44. The number of nitrogens with one attached hydrogen (secondary N) is 1. The summed E-state index contributed by atoms with van der Waals surface area (Å²) < 4.78 is 13.2. The summed E-state index contributed by atoms with van der Waals surface area (Å²) in [5.41, 5.74) is 0.827. The van der Waals surface area contributed by atoms with E-state index in [1.807, 2.05) is 6.07 Å². The molecule has 1 saturated heterocycles. The maximum atomic E-state index is 13.2.